The van der Waals surface area contributed by atoms with Crippen molar-refractivity contribution >= 4 is 21.6 Å². The van der Waals surface area contributed by atoms with Crippen LogP contribution in [0.15, 0.2) is 53.4 Å². The molecular weight excluding hydrogens is 422 g/mol. The molecule has 2 aliphatic heterocycles. The monoisotopic (exact) mass is 455 g/mol. The van der Waals surface area contributed by atoms with Crippen molar-refractivity contribution < 1.29 is 13.2 Å². The molecule has 2 heterocycles. The first-order valence-corrected chi connectivity index (χ1v) is 13.1. The van der Waals surface area contributed by atoms with Gasteiger partial charge in [0.25, 0.3) is 0 Å². The van der Waals surface area contributed by atoms with Gasteiger partial charge in [-0.1, -0.05) is 42.8 Å². The molecule has 1 amide bonds. The van der Waals surface area contributed by atoms with Crippen molar-refractivity contribution in [2.75, 3.05) is 31.5 Å². The van der Waals surface area contributed by atoms with E-state index in [-0.39, 0.29) is 16.7 Å². The van der Waals surface area contributed by atoms with Gasteiger partial charge in [0.1, 0.15) is 0 Å². The van der Waals surface area contributed by atoms with Gasteiger partial charge in [-0.25, -0.2) is 8.42 Å². The normalized spacial score (nSPS) is 20.7. The number of sulfonamides is 1. The molecule has 1 N–H and O–H groups in total. The Morgan fingerprint density at radius 2 is 1.75 bits per heavy atom. The van der Waals surface area contributed by atoms with Crippen molar-refractivity contribution in [2.24, 2.45) is 5.92 Å². The number of rotatable bonds is 6. The molecule has 2 fully saturated rings. The van der Waals surface area contributed by atoms with Crippen LogP contribution in [0.5, 0.6) is 0 Å². The van der Waals surface area contributed by atoms with Crippen LogP contribution in [-0.4, -0.2) is 49.7 Å². The van der Waals surface area contributed by atoms with E-state index >= 15 is 0 Å². The van der Waals surface area contributed by atoms with Crippen molar-refractivity contribution in [1.82, 2.24) is 9.21 Å². The average molecular weight is 456 g/mol. The summed E-state index contributed by atoms with van der Waals surface area (Å²) in [6.45, 7) is 5.57. The summed E-state index contributed by atoms with van der Waals surface area (Å²) in [6.07, 6.45) is 4.70. The van der Waals surface area contributed by atoms with Gasteiger partial charge in [-0.15, -0.1) is 0 Å². The zero-order valence-electron chi connectivity index (χ0n) is 18.8. The minimum atomic E-state index is -3.53. The Morgan fingerprint density at radius 1 is 1.00 bits per heavy atom. The lowest BCUT2D eigenvalue weighted by molar-refractivity contribution is -0.121. The zero-order chi connectivity index (χ0) is 22.6. The molecule has 7 heteroatoms. The summed E-state index contributed by atoms with van der Waals surface area (Å²) in [5.74, 6) is -0.132. The van der Waals surface area contributed by atoms with E-state index in [4.69, 9.17) is 0 Å². The second kappa shape index (κ2) is 10.1. The van der Waals surface area contributed by atoms with Crippen LogP contribution in [0.25, 0.3) is 0 Å². The highest BCUT2D eigenvalue weighted by Gasteiger charge is 2.28. The Morgan fingerprint density at radius 3 is 2.50 bits per heavy atom. The number of anilines is 1. The molecular formula is C25H33N3O3S. The van der Waals surface area contributed by atoms with E-state index < -0.39 is 10.0 Å². The fourth-order valence-corrected chi connectivity index (χ4v) is 6.18. The van der Waals surface area contributed by atoms with Gasteiger partial charge in [0.15, 0.2) is 0 Å². The summed E-state index contributed by atoms with van der Waals surface area (Å²) in [4.78, 5) is 15.7. The van der Waals surface area contributed by atoms with Crippen LogP contribution in [0, 0.1) is 12.8 Å². The Hall–Kier alpha value is -2.22. The number of piperidine rings is 2. The molecule has 2 aromatic rings. The smallest absolute Gasteiger partial charge is 0.243 e. The van der Waals surface area contributed by atoms with Gasteiger partial charge in [0, 0.05) is 31.9 Å². The van der Waals surface area contributed by atoms with E-state index in [1.54, 1.807) is 22.5 Å². The van der Waals surface area contributed by atoms with Gasteiger partial charge >= 0.3 is 0 Å². The Kier molecular flexibility index (Phi) is 7.28. The van der Waals surface area contributed by atoms with Crippen LogP contribution in [0.2, 0.25) is 0 Å². The number of aryl methyl sites for hydroxylation is 1. The highest BCUT2D eigenvalue weighted by atomic mass is 32.2. The van der Waals surface area contributed by atoms with Gasteiger partial charge in [0.05, 0.1) is 10.8 Å². The molecule has 0 aliphatic carbocycles. The van der Waals surface area contributed by atoms with E-state index in [1.807, 2.05) is 25.1 Å². The summed E-state index contributed by atoms with van der Waals surface area (Å²) in [5, 5.41) is 3.03. The van der Waals surface area contributed by atoms with Crippen molar-refractivity contribution in [3.05, 3.63) is 59.7 Å². The number of likely N-dealkylation sites (tertiary alicyclic amines) is 1. The Bertz CT molecular complexity index is 1030. The van der Waals surface area contributed by atoms with Crippen molar-refractivity contribution in [1.29, 1.82) is 0 Å². The van der Waals surface area contributed by atoms with Crippen LogP contribution in [0.3, 0.4) is 0 Å². The maximum absolute atomic E-state index is 13.1. The fraction of sp³-hybridized carbons (Fsp3) is 0.480. The van der Waals surface area contributed by atoms with Crippen molar-refractivity contribution in [2.45, 2.75) is 50.5 Å². The molecule has 2 aromatic carbocycles. The minimum Gasteiger partial charge on any atom is -0.326 e. The first-order chi connectivity index (χ1) is 15.4. The molecule has 2 saturated heterocycles. The van der Waals surface area contributed by atoms with Crippen molar-refractivity contribution in [3.63, 3.8) is 0 Å². The molecule has 0 aromatic heterocycles. The third-order valence-electron chi connectivity index (χ3n) is 6.55. The standard InChI is InChI=1S/C25H33N3O3S/c1-20-12-13-23(32(30,31)28-15-6-3-7-16-28)17-24(20)26-25(29)22-11-8-14-27(19-22)18-21-9-4-2-5-10-21/h2,4-5,9-10,12-13,17,22H,3,6-8,11,14-16,18-19H2,1H3,(H,26,29). The second-order valence-corrected chi connectivity index (χ2v) is 10.9. The average Bonchev–Trinajstić information content (AvgIpc) is 2.82. The largest absolute Gasteiger partial charge is 0.326 e. The number of amides is 1. The Labute approximate surface area is 191 Å². The number of nitrogens with one attached hydrogen (secondary N) is 1. The summed E-state index contributed by atoms with van der Waals surface area (Å²) in [5.41, 5.74) is 2.71. The molecule has 2 aliphatic rings. The first kappa shape index (κ1) is 23.0. The highest BCUT2D eigenvalue weighted by Crippen LogP contribution is 2.27. The van der Waals surface area contributed by atoms with Gasteiger partial charge in [-0.05, 0) is 62.4 Å². The third kappa shape index (κ3) is 5.39. The van der Waals surface area contributed by atoms with E-state index in [2.05, 4.69) is 22.3 Å². The maximum atomic E-state index is 13.1. The molecule has 0 bridgehead atoms. The lowest BCUT2D eigenvalue weighted by Gasteiger charge is -2.32. The van der Waals surface area contributed by atoms with E-state index in [0.29, 0.717) is 25.3 Å². The summed E-state index contributed by atoms with van der Waals surface area (Å²) < 4.78 is 27.7. The molecule has 0 saturated carbocycles. The van der Waals surface area contributed by atoms with Crippen LogP contribution in [0.4, 0.5) is 5.69 Å². The predicted octanol–water partition coefficient (Wildman–Crippen LogP) is 4.02. The van der Waals surface area contributed by atoms with E-state index in [0.717, 1.165) is 50.8 Å². The van der Waals surface area contributed by atoms with E-state index in [1.165, 1.54) is 5.56 Å². The molecule has 1 unspecified atom stereocenters. The van der Waals surface area contributed by atoms with Crippen LogP contribution in [0.1, 0.15) is 43.2 Å². The number of hydrogen-bond donors (Lipinski definition) is 1. The lowest BCUT2D eigenvalue weighted by Crippen LogP contribution is -2.40. The number of carbonyl (C=O) groups excluding carboxylic acids is 1. The molecule has 0 radical (unpaired) electrons. The second-order valence-electron chi connectivity index (χ2n) is 8.99. The SMILES string of the molecule is Cc1ccc(S(=O)(=O)N2CCCCC2)cc1NC(=O)C1CCCN(Cc2ccccc2)C1. The third-order valence-corrected chi connectivity index (χ3v) is 8.44. The quantitative estimate of drug-likeness (QED) is 0.714. The molecule has 6 nitrogen and oxygen atoms in total. The van der Waals surface area contributed by atoms with E-state index in [9.17, 15) is 13.2 Å². The molecule has 4 rings (SSSR count). The van der Waals surface area contributed by atoms with Crippen LogP contribution in [-0.2, 0) is 21.4 Å². The summed E-state index contributed by atoms with van der Waals surface area (Å²) in [6, 6.07) is 15.4. The topological polar surface area (TPSA) is 69.7 Å². The zero-order valence-corrected chi connectivity index (χ0v) is 19.6. The summed E-state index contributed by atoms with van der Waals surface area (Å²) in [7, 11) is -3.53. The van der Waals surface area contributed by atoms with Crippen LogP contribution >= 0.6 is 0 Å². The van der Waals surface area contributed by atoms with Gasteiger partial charge < -0.3 is 5.32 Å². The van der Waals surface area contributed by atoms with Crippen LogP contribution < -0.4 is 5.32 Å². The number of nitrogens with zero attached hydrogens (tertiary/aromatic N) is 2. The molecule has 172 valence electrons. The minimum absolute atomic E-state index is 0.0293. The number of hydrogen-bond acceptors (Lipinski definition) is 4. The first-order valence-electron chi connectivity index (χ1n) is 11.6. The number of carbonyl (C=O) groups is 1. The van der Waals surface area contributed by atoms with Gasteiger partial charge in [0.2, 0.25) is 15.9 Å². The Balaban J connectivity index is 1.44. The summed E-state index contributed by atoms with van der Waals surface area (Å²) >= 11 is 0. The van der Waals surface area contributed by atoms with Gasteiger partial charge in [-0.3, -0.25) is 9.69 Å². The molecule has 0 spiro atoms. The van der Waals surface area contributed by atoms with Crippen molar-refractivity contribution in [3.8, 4) is 0 Å². The molecule has 1 atom stereocenters. The molecule has 32 heavy (non-hydrogen) atoms. The maximum Gasteiger partial charge on any atom is 0.243 e. The lowest BCUT2D eigenvalue weighted by atomic mass is 9.96. The fourth-order valence-electron chi connectivity index (χ4n) is 4.64. The van der Waals surface area contributed by atoms with Gasteiger partial charge in [-0.2, -0.15) is 4.31 Å². The predicted molar refractivity (Wildman–Crippen MR) is 127 cm³/mol. The number of benzene rings is 2. The highest BCUT2D eigenvalue weighted by molar-refractivity contribution is 7.89.